The summed E-state index contributed by atoms with van der Waals surface area (Å²) in [5.74, 6) is 1.35. The smallest absolute Gasteiger partial charge is 0.148 e. The summed E-state index contributed by atoms with van der Waals surface area (Å²) < 4.78 is 13.9. The molecule has 3 rings (SSSR count). The van der Waals surface area contributed by atoms with Crippen LogP contribution in [0.3, 0.4) is 0 Å². The molecular weight excluding hydrogens is 215 g/mol. The Morgan fingerprint density at radius 2 is 1.88 bits per heavy atom. The van der Waals surface area contributed by atoms with Gasteiger partial charge in [0.25, 0.3) is 0 Å². The van der Waals surface area contributed by atoms with Crippen LogP contribution >= 0.6 is 0 Å². The van der Waals surface area contributed by atoms with Crippen LogP contribution in [0.5, 0.6) is 0 Å². The summed E-state index contributed by atoms with van der Waals surface area (Å²) in [6.45, 7) is 2.02. The van der Waals surface area contributed by atoms with E-state index >= 15 is 0 Å². The molecule has 1 aromatic rings. The molecule has 2 unspecified atom stereocenters. The van der Waals surface area contributed by atoms with Crippen LogP contribution in [0.2, 0.25) is 0 Å². The number of piperidine rings is 1. The quantitative estimate of drug-likeness (QED) is 0.757. The van der Waals surface area contributed by atoms with Crippen molar-refractivity contribution < 1.29 is 4.39 Å². The summed E-state index contributed by atoms with van der Waals surface area (Å²) in [7, 11) is 0. The normalized spacial score (nSPS) is 28.2. The first kappa shape index (κ1) is 10.9. The number of benzene rings is 1. The van der Waals surface area contributed by atoms with Gasteiger partial charge in [0.2, 0.25) is 0 Å². The van der Waals surface area contributed by atoms with Gasteiger partial charge in [0.05, 0.1) is 5.69 Å². The Morgan fingerprint density at radius 3 is 2.53 bits per heavy atom. The zero-order valence-corrected chi connectivity index (χ0v) is 10.0. The molecule has 1 aromatic carbocycles. The first-order valence-electron chi connectivity index (χ1n) is 6.52. The number of halogens is 1. The van der Waals surface area contributed by atoms with Crippen molar-refractivity contribution in [2.45, 2.75) is 25.7 Å². The summed E-state index contributed by atoms with van der Waals surface area (Å²) in [5, 5.41) is 0. The zero-order valence-electron chi connectivity index (χ0n) is 10.0. The van der Waals surface area contributed by atoms with Crippen molar-refractivity contribution >= 4 is 11.4 Å². The molecule has 0 aromatic heterocycles. The first-order valence-corrected chi connectivity index (χ1v) is 6.52. The molecule has 2 nitrogen and oxygen atoms in total. The molecule has 0 amide bonds. The number of nitrogen functional groups attached to an aromatic ring is 1. The summed E-state index contributed by atoms with van der Waals surface area (Å²) in [4.78, 5) is 2.22. The monoisotopic (exact) mass is 234 g/mol. The average Bonchev–Trinajstić information content (AvgIpc) is 2.28. The summed E-state index contributed by atoms with van der Waals surface area (Å²) in [6, 6.07) is 5.05. The van der Waals surface area contributed by atoms with E-state index < -0.39 is 0 Å². The lowest BCUT2D eigenvalue weighted by molar-refractivity contribution is 0.230. The predicted octanol–water partition coefficient (Wildman–Crippen LogP) is 3.03. The maximum Gasteiger partial charge on any atom is 0.148 e. The third-order valence-electron chi connectivity index (χ3n) is 4.16. The maximum atomic E-state index is 13.9. The first-order chi connectivity index (χ1) is 8.22. The van der Waals surface area contributed by atoms with Gasteiger partial charge in [-0.15, -0.1) is 0 Å². The fraction of sp³-hybridized carbons (Fsp3) is 0.571. The SMILES string of the molecule is Nc1ccc(N2CC3CCCC(C3)C2)c(F)c1. The minimum Gasteiger partial charge on any atom is -0.399 e. The number of fused-ring (bicyclic) bond motifs is 2. The fourth-order valence-electron chi connectivity index (χ4n) is 3.41. The molecular formula is C14H19FN2. The minimum atomic E-state index is -0.176. The fourth-order valence-corrected chi connectivity index (χ4v) is 3.41. The van der Waals surface area contributed by atoms with E-state index in [-0.39, 0.29) is 5.82 Å². The molecule has 2 aliphatic rings. The molecule has 1 aliphatic carbocycles. The predicted molar refractivity (Wildman–Crippen MR) is 68.5 cm³/mol. The topological polar surface area (TPSA) is 29.3 Å². The third-order valence-corrected chi connectivity index (χ3v) is 4.16. The Hall–Kier alpha value is -1.25. The van der Waals surface area contributed by atoms with Crippen molar-refractivity contribution in [3.63, 3.8) is 0 Å². The Labute approximate surface area is 102 Å². The average molecular weight is 234 g/mol. The summed E-state index contributed by atoms with van der Waals surface area (Å²) in [6.07, 6.45) is 5.31. The van der Waals surface area contributed by atoms with Gasteiger partial charge in [-0.1, -0.05) is 6.42 Å². The highest BCUT2D eigenvalue weighted by atomic mass is 19.1. The van der Waals surface area contributed by atoms with Crippen molar-refractivity contribution in [2.75, 3.05) is 23.7 Å². The van der Waals surface area contributed by atoms with E-state index in [1.165, 1.54) is 31.7 Å². The molecule has 1 aliphatic heterocycles. The lowest BCUT2D eigenvalue weighted by atomic mass is 9.78. The van der Waals surface area contributed by atoms with Crippen molar-refractivity contribution in [1.82, 2.24) is 0 Å². The van der Waals surface area contributed by atoms with Crippen molar-refractivity contribution in [3.8, 4) is 0 Å². The number of nitrogens with zero attached hydrogens (tertiary/aromatic N) is 1. The molecule has 2 atom stereocenters. The van der Waals surface area contributed by atoms with Gasteiger partial charge >= 0.3 is 0 Å². The van der Waals surface area contributed by atoms with Crippen LogP contribution in [-0.4, -0.2) is 13.1 Å². The number of hydrogen-bond donors (Lipinski definition) is 1. The van der Waals surface area contributed by atoms with E-state index in [9.17, 15) is 4.39 Å². The lowest BCUT2D eigenvalue weighted by Crippen LogP contribution is -2.43. The molecule has 1 saturated carbocycles. The standard InChI is InChI=1S/C14H19FN2/c15-13-7-12(16)4-5-14(13)17-8-10-2-1-3-11(6-10)9-17/h4-5,7,10-11H,1-3,6,8-9,16H2. The van der Waals surface area contributed by atoms with Crippen molar-refractivity contribution in [1.29, 1.82) is 0 Å². The van der Waals surface area contributed by atoms with Crippen LogP contribution in [-0.2, 0) is 0 Å². The minimum absolute atomic E-state index is 0.176. The van der Waals surface area contributed by atoms with Crippen molar-refractivity contribution in [3.05, 3.63) is 24.0 Å². The number of nitrogens with two attached hydrogens (primary N) is 1. The largest absolute Gasteiger partial charge is 0.399 e. The van der Waals surface area contributed by atoms with Crippen LogP contribution < -0.4 is 10.6 Å². The Kier molecular flexibility index (Phi) is 2.69. The highest BCUT2D eigenvalue weighted by Gasteiger charge is 2.31. The van der Waals surface area contributed by atoms with E-state index in [0.29, 0.717) is 5.69 Å². The summed E-state index contributed by atoms with van der Waals surface area (Å²) >= 11 is 0. The molecule has 2 bridgehead atoms. The van der Waals surface area contributed by atoms with Gasteiger partial charge in [-0.25, -0.2) is 4.39 Å². The van der Waals surface area contributed by atoms with E-state index in [4.69, 9.17) is 5.73 Å². The number of hydrogen-bond acceptors (Lipinski definition) is 2. The lowest BCUT2D eigenvalue weighted by Gasteiger charge is -2.42. The molecule has 2 N–H and O–H groups in total. The van der Waals surface area contributed by atoms with Gasteiger partial charge in [0, 0.05) is 18.8 Å². The Morgan fingerprint density at radius 1 is 1.18 bits per heavy atom. The summed E-state index contributed by atoms with van der Waals surface area (Å²) in [5.41, 5.74) is 6.83. The molecule has 1 heterocycles. The van der Waals surface area contributed by atoms with E-state index in [2.05, 4.69) is 4.90 Å². The van der Waals surface area contributed by atoms with Crippen LogP contribution in [0.15, 0.2) is 18.2 Å². The molecule has 1 saturated heterocycles. The molecule has 92 valence electrons. The highest BCUT2D eigenvalue weighted by molar-refractivity contribution is 5.54. The second kappa shape index (κ2) is 4.21. The van der Waals surface area contributed by atoms with Gasteiger partial charge < -0.3 is 10.6 Å². The van der Waals surface area contributed by atoms with E-state index in [1.807, 2.05) is 6.07 Å². The Bertz CT molecular complexity index is 407. The number of anilines is 2. The second-order valence-corrected chi connectivity index (χ2v) is 5.51. The zero-order chi connectivity index (χ0) is 11.8. The van der Waals surface area contributed by atoms with Gasteiger partial charge in [0.15, 0.2) is 0 Å². The van der Waals surface area contributed by atoms with Crippen LogP contribution in [0.25, 0.3) is 0 Å². The van der Waals surface area contributed by atoms with Crippen LogP contribution in [0.1, 0.15) is 25.7 Å². The van der Waals surface area contributed by atoms with Gasteiger partial charge in [-0.05, 0) is 49.3 Å². The third kappa shape index (κ3) is 2.11. The van der Waals surface area contributed by atoms with Crippen LogP contribution in [0, 0.1) is 17.7 Å². The molecule has 17 heavy (non-hydrogen) atoms. The van der Waals surface area contributed by atoms with Crippen LogP contribution in [0.4, 0.5) is 15.8 Å². The maximum absolute atomic E-state index is 13.9. The molecule has 2 fully saturated rings. The van der Waals surface area contributed by atoms with E-state index in [0.717, 1.165) is 30.6 Å². The molecule has 0 spiro atoms. The van der Waals surface area contributed by atoms with E-state index in [1.54, 1.807) is 6.07 Å². The molecule has 3 heteroatoms. The second-order valence-electron chi connectivity index (χ2n) is 5.51. The highest BCUT2D eigenvalue weighted by Crippen LogP contribution is 2.37. The Balaban J connectivity index is 1.84. The van der Waals surface area contributed by atoms with Gasteiger partial charge in [-0.2, -0.15) is 0 Å². The van der Waals surface area contributed by atoms with Crippen molar-refractivity contribution in [2.24, 2.45) is 11.8 Å². The number of rotatable bonds is 1. The van der Waals surface area contributed by atoms with Gasteiger partial charge in [0.1, 0.15) is 5.82 Å². The van der Waals surface area contributed by atoms with Gasteiger partial charge in [-0.3, -0.25) is 0 Å². The molecule has 0 radical (unpaired) electrons.